The monoisotopic (exact) mass is 480 g/mol. The van der Waals surface area contributed by atoms with Crippen LogP contribution in [0, 0.1) is 0 Å². The van der Waals surface area contributed by atoms with Gasteiger partial charge in [0.2, 0.25) is 17.5 Å². The smallest absolute Gasteiger partial charge is 0.239 e. The normalized spacial score (nSPS) is 24.9. The van der Waals surface area contributed by atoms with E-state index < -0.39 is 88.4 Å². The van der Waals surface area contributed by atoms with E-state index >= 15 is 0 Å². The van der Waals surface area contributed by atoms with Crippen LogP contribution in [0.1, 0.15) is 0 Å². The highest BCUT2D eigenvalue weighted by molar-refractivity contribution is 5.88. The summed E-state index contributed by atoms with van der Waals surface area (Å²) >= 11 is 0. The lowest BCUT2D eigenvalue weighted by molar-refractivity contribution is -0.277. The summed E-state index contributed by atoms with van der Waals surface area (Å²) in [6.07, 6.45) is -8.64. The van der Waals surface area contributed by atoms with Gasteiger partial charge in [0.25, 0.3) is 0 Å². The Bertz CT molecular complexity index is 1280. The summed E-state index contributed by atoms with van der Waals surface area (Å²) < 4.78 is 16.3. The molecule has 1 saturated heterocycles. The molecular formula is C21H20O13. The topological polar surface area (TPSA) is 231 Å². The van der Waals surface area contributed by atoms with E-state index in [1.54, 1.807) is 0 Å². The van der Waals surface area contributed by atoms with E-state index in [2.05, 4.69) is 0 Å². The number of aliphatic hydroxyl groups is 4. The number of rotatable bonds is 4. The fourth-order valence-electron chi connectivity index (χ4n) is 3.58. The largest absolute Gasteiger partial charge is 0.508 e. The Balaban J connectivity index is 1.94. The first-order valence-corrected chi connectivity index (χ1v) is 9.78. The predicted molar refractivity (Wildman–Crippen MR) is 111 cm³/mol. The van der Waals surface area contributed by atoms with Crippen molar-refractivity contribution in [2.45, 2.75) is 30.7 Å². The molecule has 4 rings (SSSR count). The second-order valence-electron chi connectivity index (χ2n) is 7.61. The van der Waals surface area contributed by atoms with Gasteiger partial charge in [0.1, 0.15) is 46.9 Å². The molecule has 2 heterocycles. The minimum atomic E-state index is -1.91. The van der Waals surface area contributed by atoms with Crippen LogP contribution in [-0.2, 0) is 4.74 Å². The first kappa shape index (κ1) is 23.4. The number of fused-ring (bicyclic) bond motifs is 1. The van der Waals surface area contributed by atoms with Crippen molar-refractivity contribution in [3.8, 4) is 45.8 Å². The summed E-state index contributed by atoms with van der Waals surface area (Å²) in [6, 6.07) is 3.66. The van der Waals surface area contributed by atoms with Crippen molar-refractivity contribution in [3.05, 3.63) is 34.5 Å². The van der Waals surface area contributed by atoms with Crippen LogP contribution in [0.2, 0.25) is 0 Å². The molecule has 13 heteroatoms. The van der Waals surface area contributed by atoms with Gasteiger partial charge in [0.05, 0.1) is 6.61 Å². The van der Waals surface area contributed by atoms with Crippen LogP contribution in [0.3, 0.4) is 0 Å². The zero-order valence-electron chi connectivity index (χ0n) is 17.1. The fourth-order valence-corrected chi connectivity index (χ4v) is 3.58. The first-order chi connectivity index (χ1) is 16.0. The molecule has 13 nitrogen and oxygen atoms in total. The second kappa shape index (κ2) is 8.55. The predicted octanol–water partition coefficient (Wildman–Crippen LogP) is -0.833. The molecule has 1 aliphatic heterocycles. The van der Waals surface area contributed by atoms with Crippen LogP contribution in [0.15, 0.2) is 33.5 Å². The molecule has 0 unspecified atom stereocenters. The Labute approximate surface area is 189 Å². The van der Waals surface area contributed by atoms with Gasteiger partial charge in [0.15, 0.2) is 23.0 Å². The van der Waals surface area contributed by atoms with Crippen LogP contribution in [0.25, 0.3) is 22.3 Å². The molecule has 1 fully saturated rings. The maximum Gasteiger partial charge on any atom is 0.239 e. The number of aliphatic hydroxyl groups excluding tert-OH is 4. The second-order valence-corrected chi connectivity index (χ2v) is 7.61. The van der Waals surface area contributed by atoms with E-state index in [1.807, 2.05) is 0 Å². The molecule has 1 aliphatic rings. The summed E-state index contributed by atoms with van der Waals surface area (Å²) in [5, 5.41) is 88.6. The molecule has 0 spiro atoms. The van der Waals surface area contributed by atoms with Crippen LogP contribution < -0.4 is 10.2 Å². The van der Waals surface area contributed by atoms with Gasteiger partial charge in [-0.15, -0.1) is 0 Å². The quantitative estimate of drug-likeness (QED) is 0.208. The minimum Gasteiger partial charge on any atom is -0.508 e. The molecule has 34 heavy (non-hydrogen) atoms. The zero-order chi connectivity index (χ0) is 24.9. The Morgan fingerprint density at radius 3 is 2.12 bits per heavy atom. The molecule has 0 aliphatic carbocycles. The molecule has 0 amide bonds. The van der Waals surface area contributed by atoms with Crippen LogP contribution in [-0.4, -0.2) is 83.3 Å². The maximum atomic E-state index is 13.3. The highest BCUT2D eigenvalue weighted by atomic mass is 16.7. The molecule has 1 aromatic heterocycles. The van der Waals surface area contributed by atoms with Crippen molar-refractivity contribution in [2.24, 2.45) is 0 Å². The highest BCUT2D eigenvalue weighted by Gasteiger charge is 2.45. The fraction of sp³-hybridized carbons (Fsp3) is 0.286. The van der Waals surface area contributed by atoms with Gasteiger partial charge >= 0.3 is 0 Å². The first-order valence-electron chi connectivity index (χ1n) is 9.78. The average molecular weight is 480 g/mol. The van der Waals surface area contributed by atoms with E-state index in [4.69, 9.17) is 13.9 Å². The van der Waals surface area contributed by atoms with Crippen LogP contribution in [0.4, 0.5) is 0 Å². The lowest BCUT2D eigenvalue weighted by Crippen LogP contribution is -2.60. The number of phenols is 5. The Hall–Kier alpha value is -3.75. The SMILES string of the molecule is O=c1c(O[C@@H]2O[C@H](CO)[C@H](O)[C@H](O)[C@H]2O)c(-c2cc(O)c(O)c(O)c2)oc2cc(O)cc(O)c12. The molecule has 9 N–H and O–H groups in total. The van der Waals surface area contributed by atoms with Gasteiger partial charge in [-0.2, -0.15) is 0 Å². The maximum absolute atomic E-state index is 13.3. The Morgan fingerprint density at radius 2 is 1.50 bits per heavy atom. The average Bonchev–Trinajstić information content (AvgIpc) is 2.78. The van der Waals surface area contributed by atoms with E-state index in [-0.39, 0.29) is 11.1 Å². The molecule has 5 atom stereocenters. The molecular weight excluding hydrogens is 460 g/mol. The van der Waals surface area contributed by atoms with Crippen LogP contribution >= 0.6 is 0 Å². The Kier molecular flexibility index (Phi) is 5.89. The van der Waals surface area contributed by atoms with Gasteiger partial charge in [-0.1, -0.05) is 0 Å². The van der Waals surface area contributed by atoms with E-state index in [0.717, 1.165) is 24.3 Å². The van der Waals surface area contributed by atoms with E-state index in [9.17, 15) is 50.8 Å². The molecule has 0 bridgehead atoms. The van der Waals surface area contributed by atoms with Gasteiger partial charge in [-0.25, -0.2) is 0 Å². The summed E-state index contributed by atoms with van der Waals surface area (Å²) in [6.45, 7) is -0.774. The van der Waals surface area contributed by atoms with Gasteiger partial charge in [-0.3, -0.25) is 4.79 Å². The lowest BCUT2D eigenvalue weighted by atomic mass is 9.99. The van der Waals surface area contributed by atoms with Crippen molar-refractivity contribution in [1.29, 1.82) is 0 Å². The van der Waals surface area contributed by atoms with Gasteiger partial charge < -0.3 is 59.8 Å². The third-order valence-corrected chi connectivity index (χ3v) is 5.33. The van der Waals surface area contributed by atoms with Crippen molar-refractivity contribution in [3.63, 3.8) is 0 Å². The third kappa shape index (κ3) is 3.81. The van der Waals surface area contributed by atoms with Gasteiger partial charge in [-0.05, 0) is 12.1 Å². The summed E-state index contributed by atoms with van der Waals surface area (Å²) in [5.74, 6) is -4.83. The summed E-state index contributed by atoms with van der Waals surface area (Å²) in [4.78, 5) is 13.3. The summed E-state index contributed by atoms with van der Waals surface area (Å²) in [5.41, 5.74) is -1.59. The molecule has 3 aromatic rings. The highest BCUT2D eigenvalue weighted by Crippen LogP contribution is 2.43. The van der Waals surface area contributed by atoms with E-state index in [0.29, 0.717) is 0 Å². The number of hydrogen-bond acceptors (Lipinski definition) is 13. The molecule has 0 radical (unpaired) electrons. The van der Waals surface area contributed by atoms with Crippen molar-refractivity contribution in [1.82, 2.24) is 0 Å². The van der Waals surface area contributed by atoms with Gasteiger partial charge in [0, 0.05) is 17.7 Å². The molecule has 0 saturated carbocycles. The number of ether oxygens (including phenoxy) is 2. The van der Waals surface area contributed by atoms with Crippen LogP contribution in [0.5, 0.6) is 34.5 Å². The van der Waals surface area contributed by atoms with Crippen molar-refractivity contribution >= 4 is 11.0 Å². The number of aromatic hydroxyl groups is 5. The van der Waals surface area contributed by atoms with Crippen molar-refractivity contribution < 1.29 is 59.8 Å². The summed E-state index contributed by atoms with van der Waals surface area (Å²) in [7, 11) is 0. The Morgan fingerprint density at radius 1 is 0.853 bits per heavy atom. The molecule has 2 aromatic carbocycles. The number of benzene rings is 2. The van der Waals surface area contributed by atoms with E-state index in [1.165, 1.54) is 0 Å². The lowest BCUT2D eigenvalue weighted by Gasteiger charge is -2.39. The standard InChI is InChI=1S/C21H20O13/c22-5-12-15(28)17(30)18(31)21(33-12)34-20-16(29)13-8(24)3-7(23)4-11(13)32-19(20)6-1-9(25)14(27)10(26)2-6/h1-4,12,15,17-18,21-28,30-31H,5H2/t12-,15+,17+,18-,21+/m1/s1. The number of phenolic OH excluding ortho intramolecular Hbond substituents is 5. The molecule has 182 valence electrons. The minimum absolute atomic E-state index is 0.214. The third-order valence-electron chi connectivity index (χ3n) is 5.33. The number of hydrogen-bond donors (Lipinski definition) is 9. The van der Waals surface area contributed by atoms with Crippen molar-refractivity contribution in [2.75, 3.05) is 6.61 Å². The zero-order valence-corrected chi connectivity index (χ0v) is 17.1.